The normalized spacial score (nSPS) is 13.4. The van der Waals surface area contributed by atoms with E-state index in [0.717, 1.165) is 42.6 Å². The van der Waals surface area contributed by atoms with Crippen LogP contribution in [0, 0.1) is 25.2 Å². The van der Waals surface area contributed by atoms with Crippen LogP contribution in [0.15, 0.2) is 11.2 Å². The SMILES string of the molecule is Cc1cc(C)n2nc(SCC(=O)Nc3sc4c(c3C#N)CCCC4)nc2n1. The lowest BCUT2D eigenvalue weighted by Crippen LogP contribution is -2.14. The molecule has 0 bridgehead atoms. The highest BCUT2D eigenvalue weighted by atomic mass is 32.2. The lowest BCUT2D eigenvalue weighted by atomic mass is 9.96. The molecule has 0 saturated heterocycles. The Balaban J connectivity index is 1.46. The van der Waals surface area contributed by atoms with E-state index in [0.29, 0.717) is 21.5 Å². The average Bonchev–Trinajstić information content (AvgIpc) is 3.20. The van der Waals surface area contributed by atoms with Crippen molar-refractivity contribution in [3.8, 4) is 6.07 Å². The minimum atomic E-state index is -0.158. The van der Waals surface area contributed by atoms with E-state index in [9.17, 15) is 10.1 Å². The summed E-state index contributed by atoms with van der Waals surface area (Å²) in [6, 6.07) is 4.20. The van der Waals surface area contributed by atoms with Crippen LogP contribution in [-0.4, -0.2) is 31.2 Å². The number of nitriles is 1. The van der Waals surface area contributed by atoms with Gasteiger partial charge in [0.05, 0.1) is 11.3 Å². The highest BCUT2D eigenvalue weighted by Crippen LogP contribution is 2.37. The number of hydrogen-bond donors (Lipinski definition) is 1. The average molecular weight is 399 g/mol. The number of anilines is 1. The van der Waals surface area contributed by atoms with Crippen LogP contribution in [0.2, 0.25) is 0 Å². The molecule has 3 aromatic rings. The first-order valence-electron chi connectivity index (χ1n) is 8.73. The van der Waals surface area contributed by atoms with E-state index in [1.54, 1.807) is 4.52 Å². The number of rotatable bonds is 4. The predicted octanol–water partition coefficient (Wildman–Crippen LogP) is 3.28. The molecule has 27 heavy (non-hydrogen) atoms. The summed E-state index contributed by atoms with van der Waals surface area (Å²) < 4.78 is 1.67. The molecule has 0 fully saturated rings. The third-order valence-corrected chi connectivity index (χ3v) is 6.51. The number of thiophene rings is 1. The summed E-state index contributed by atoms with van der Waals surface area (Å²) in [7, 11) is 0. The molecular weight excluding hydrogens is 380 g/mol. The van der Waals surface area contributed by atoms with Gasteiger partial charge in [-0.1, -0.05) is 11.8 Å². The van der Waals surface area contributed by atoms with Gasteiger partial charge in [0.25, 0.3) is 5.78 Å². The number of thioether (sulfide) groups is 1. The third-order valence-electron chi connectivity index (χ3n) is 4.47. The minimum Gasteiger partial charge on any atom is -0.316 e. The number of nitrogens with one attached hydrogen (secondary N) is 1. The first-order chi connectivity index (χ1) is 13.0. The Bertz CT molecular complexity index is 1080. The molecule has 0 unspecified atom stereocenters. The molecule has 4 rings (SSSR count). The van der Waals surface area contributed by atoms with Crippen molar-refractivity contribution < 1.29 is 4.79 Å². The summed E-state index contributed by atoms with van der Waals surface area (Å²) in [5, 5.41) is 18.0. The van der Waals surface area contributed by atoms with Crippen LogP contribution in [0.4, 0.5) is 5.00 Å². The number of hydrogen-bond acceptors (Lipinski definition) is 7. The van der Waals surface area contributed by atoms with Gasteiger partial charge in [0, 0.05) is 16.3 Å². The van der Waals surface area contributed by atoms with Gasteiger partial charge < -0.3 is 5.32 Å². The van der Waals surface area contributed by atoms with E-state index in [1.165, 1.54) is 28.0 Å². The molecule has 0 spiro atoms. The standard InChI is InChI=1S/C18H18N6OS2/c1-10-7-11(2)24-17(20-10)22-18(23-24)26-9-15(25)21-16-13(8-19)12-5-3-4-6-14(12)27-16/h7H,3-6,9H2,1-2H3,(H,21,25). The molecule has 9 heteroatoms. The van der Waals surface area contributed by atoms with E-state index >= 15 is 0 Å². The molecule has 3 aromatic heterocycles. The maximum absolute atomic E-state index is 12.4. The lowest BCUT2D eigenvalue weighted by Gasteiger charge is -2.09. The number of carbonyl (C=O) groups excluding carboxylic acids is 1. The number of aryl methyl sites for hydroxylation is 3. The fraction of sp³-hybridized carbons (Fsp3) is 0.389. The second kappa shape index (κ2) is 7.29. The van der Waals surface area contributed by atoms with Crippen LogP contribution in [0.3, 0.4) is 0 Å². The molecule has 0 saturated carbocycles. The van der Waals surface area contributed by atoms with E-state index in [2.05, 4.69) is 26.5 Å². The van der Waals surface area contributed by atoms with Crippen molar-refractivity contribution in [1.29, 1.82) is 5.26 Å². The van der Waals surface area contributed by atoms with Gasteiger partial charge in [0.1, 0.15) is 11.1 Å². The highest BCUT2D eigenvalue weighted by Gasteiger charge is 2.22. The molecule has 1 aliphatic rings. The smallest absolute Gasteiger partial charge is 0.253 e. The molecule has 1 N–H and O–H groups in total. The highest BCUT2D eigenvalue weighted by molar-refractivity contribution is 7.99. The summed E-state index contributed by atoms with van der Waals surface area (Å²) in [6.07, 6.45) is 4.18. The molecule has 7 nitrogen and oxygen atoms in total. The topological polar surface area (TPSA) is 96.0 Å². The van der Waals surface area contributed by atoms with E-state index in [4.69, 9.17) is 0 Å². The monoisotopic (exact) mass is 398 g/mol. The molecule has 0 atom stereocenters. The van der Waals surface area contributed by atoms with Gasteiger partial charge in [-0.2, -0.15) is 10.2 Å². The zero-order valence-electron chi connectivity index (χ0n) is 15.1. The largest absolute Gasteiger partial charge is 0.316 e. The van der Waals surface area contributed by atoms with Crippen molar-refractivity contribution in [1.82, 2.24) is 19.6 Å². The van der Waals surface area contributed by atoms with Crippen molar-refractivity contribution in [2.45, 2.75) is 44.7 Å². The lowest BCUT2D eigenvalue weighted by molar-refractivity contribution is -0.113. The van der Waals surface area contributed by atoms with Crippen LogP contribution < -0.4 is 5.32 Å². The number of amides is 1. The molecule has 0 radical (unpaired) electrons. The summed E-state index contributed by atoms with van der Waals surface area (Å²) >= 11 is 2.80. The Morgan fingerprint density at radius 1 is 1.37 bits per heavy atom. The quantitative estimate of drug-likeness (QED) is 0.678. The van der Waals surface area contributed by atoms with Crippen LogP contribution in [0.25, 0.3) is 5.78 Å². The molecule has 0 aliphatic heterocycles. The van der Waals surface area contributed by atoms with Crippen LogP contribution in [-0.2, 0) is 17.6 Å². The Labute approximate surface area is 164 Å². The Morgan fingerprint density at radius 2 is 2.19 bits per heavy atom. The first kappa shape index (κ1) is 17.9. The second-order valence-electron chi connectivity index (χ2n) is 6.51. The molecule has 1 amide bonds. The second-order valence-corrected chi connectivity index (χ2v) is 8.56. The maximum atomic E-state index is 12.4. The minimum absolute atomic E-state index is 0.158. The molecular formula is C18H18N6OS2. The van der Waals surface area contributed by atoms with Crippen LogP contribution >= 0.6 is 23.1 Å². The number of carbonyl (C=O) groups is 1. The number of nitrogens with zero attached hydrogens (tertiary/aromatic N) is 5. The summed E-state index contributed by atoms with van der Waals surface area (Å²) in [5.74, 6) is 0.561. The van der Waals surface area contributed by atoms with E-state index in [-0.39, 0.29) is 11.7 Å². The zero-order chi connectivity index (χ0) is 19.0. The van der Waals surface area contributed by atoms with Crippen molar-refractivity contribution in [2.75, 3.05) is 11.1 Å². The van der Waals surface area contributed by atoms with Crippen molar-refractivity contribution in [2.24, 2.45) is 0 Å². The van der Waals surface area contributed by atoms with E-state index < -0.39 is 0 Å². The van der Waals surface area contributed by atoms with Crippen molar-refractivity contribution >= 4 is 39.8 Å². The summed E-state index contributed by atoms with van der Waals surface area (Å²) in [5.41, 5.74) is 3.58. The van der Waals surface area contributed by atoms with Crippen LogP contribution in [0.1, 0.15) is 40.2 Å². The Kier molecular flexibility index (Phi) is 4.85. The molecule has 1 aliphatic carbocycles. The van der Waals surface area contributed by atoms with Gasteiger partial charge in [-0.3, -0.25) is 4.79 Å². The van der Waals surface area contributed by atoms with Crippen molar-refractivity contribution in [3.05, 3.63) is 33.5 Å². The van der Waals surface area contributed by atoms with Crippen LogP contribution in [0.5, 0.6) is 0 Å². The third kappa shape index (κ3) is 3.55. The fourth-order valence-electron chi connectivity index (χ4n) is 3.27. The molecule has 3 heterocycles. The van der Waals surface area contributed by atoms with Gasteiger partial charge in [-0.15, -0.1) is 16.4 Å². The number of aromatic nitrogens is 4. The fourth-order valence-corrected chi connectivity index (χ4v) is 5.15. The number of fused-ring (bicyclic) bond motifs is 2. The van der Waals surface area contributed by atoms with E-state index in [1.807, 2.05) is 19.9 Å². The molecule has 0 aromatic carbocycles. The van der Waals surface area contributed by atoms with Gasteiger partial charge >= 0.3 is 0 Å². The first-order valence-corrected chi connectivity index (χ1v) is 10.5. The zero-order valence-corrected chi connectivity index (χ0v) is 16.7. The Hall–Kier alpha value is -2.44. The van der Waals surface area contributed by atoms with Gasteiger partial charge in [0.15, 0.2) is 0 Å². The van der Waals surface area contributed by atoms with Gasteiger partial charge in [-0.05, 0) is 51.2 Å². The van der Waals surface area contributed by atoms with Crippen molar-refractivity contribution in [3.63, 3.8) is 0 Å². The summed E-state index contributed by atoms with van der Waals surface area (Å²) in [6.45, 7) is 3.86. The Morgan fingerprint density at radius 3 is 3.00 bits per heavy atom. The van der Waals surface area contributed by atoms with Gasteiger partial charge in [0.2, 0.25) is 11.1 Å². The molecule has 138 valence electrons. The maximum Gasteiger partial charge on any atom is 0.253 e. The predicted molar refractivity (Wildman–Crippen MR) is 105 cm³/mol. The van der Waals surface area contributed by atoms with Gasteiger partial charge in [-0.25, -0.2) is 9.50 Å². The summed E-state index contributed by atoms with van der Waals surface area (Å²) in [4.78, 5) is 22.4.